The molecule has 2 atom stereocenters. The third kappa shape index (κ3) is 4.64. The molecule has 1 aliphatic heterocycles. The van der Waals surface area contributed by atoms with Gasteiger partial charge in [0.15, 0.2) is 0 Å². The quantitative estimate of drug-likeness (QED) is 0.789. The zero-order valence-corrected chi connectivity index (χ0v) is 14.8. The van der Waals surface area contributed by atoms with Gasteiger partial charge in [0.25, 0.3) is 0 Å². The highest BCUT2D eigenvalue weighted by Crippen LogP contribution is 2.18. The Hall–Kier alpha value is -2.25. The molecule has 1 amide bonds. The lowest BCUT2D eigenvalue weighted by Gasteiger charge is -2.34. The lowest BCUT2D eigenvalue weighted by atomic mass is 10.1. The number of amides is 1. The summed E-state index contributed by atoms with van der Waals surface area (Å²) < 4.78 is 7.55. The van der Waals surface area contributed by atoms with Crippen LogP contribution in [0.4, 0.5) is 0 Å². The second kappa shape index (κ2) is 8.22. The molecule has 0 radical (unpaired) electrons. The van der Waals surface area contributed by atoms with Crippen LogP contribution < -0.4 is 0 Å². The molecule has 3 rings (SSSR count). The molecule has 1 aromatic heterocycles. The minimum atomic E-state index is 0.0279. The predicted molar refractivity (Wildman–Crippen MR) is 93.8 cm³/mol. The number of hydrogen-bond donors (Lipinski definition) is 0. The maximum absolute atomic E-state index is 12.7. The maximum atomic E-state index is 12.7. The first-order valence-electron chi connectivity index (χ1n) is 8.60. The highest BCUT2D eigenvalue weighted by molar-refractivity contribution is 5.78. The number of benzene rings is 1. The molecule has 0 N–H and O–H groups in total. The van der Waals surface area contributed by atoms with Gasteiger partial charge in [-0.1, -0.05) is 30.3 Å². The second-order valence-electron chi connectivity index (χ2n) is 6.44. The lowest BCUT2D eigenvalue weighted by Crippen LogP contribution is -2.48. The van der Waals surface area contributed by atoms with Crippen molar-refractivity contribution in [3.63, 3.8) is 0 Å². The Kier molecular flexibility index (Phi) is 5.78. The van der Waals surface area contributed by atoms with Crippen molar-refractivity contribution in [1.82, 2.24) is 24.6 Å². The summed E-state index contributed by atoms with van der Waals surface area (Å²) in [6.07, 6.45) is 3.23. The van der Waals surface area contributed by atoms with Crippen LogP contribution >= 0.6 is 0 Å². The number of carbonyl (C=O) groups is 1. The Morgan fingerprint density at radius 1 is 1.40 bits per heavy atom. The normalized spacial score (nSPS) is 19.5. The summed E-state index contributed by atoms with van der Waals surface area (Å²) in [6.45, 7) is 5.24. The van der Waals surface area contributed by atoms with E-state index in [0.717, 1.165) is 18.7 Å². The summed E-state index contributed by atoms with van der Waals surface area (Å²) >= 11 is 0. The van der Waals surface area contributed by atoms with Gasteiger partial charge in [0.2, 0.25) is 5.91 Å². The standard InChI is InChI=1S/C18H25N5O2/c1-15(16-6-4-3-5-7-16)21(2)18(24)12-22-8-9-25-17(10-22)11-23-14-19-13-20-23/h3-7,13-15,17H,8-12H2,1-2H3. The van der Waals surface area contributed by atoms with Gasteiger partial charge in [0.05, 0.1) is 31.8 Å². The SMILES string of the molecule is CC(c1ccccc1)N(C)C(=O)CN1CCOC(Cn2cncn2)C1. The van der Waals surface area contributed by atoms with E-state index in [9.17, 15) is 4.79 Å². The molecule has 0 bridgehead atoms. The number of likely N-dealkylation sites (N-methyl/N-ethyl adjacent to an activating group) is 1. The fourth-order valence-electron chi connectivity index (χ4n) is 3.04. The Morgan fingerprint density at radius 2 is 2.20 bits per heavy atom. The van der Waals surface area contributed by atoms with Crippen LogP contribution in [0.15, 0.2) is 43.0 Å². The van der Waals surface area contributed by atoms with E-state index in [1.807, 2.05) is 30.1 Å². The van der Waals surface area contributed by atoms with Crippen LogP contribution in [0, 0.1) is 0 Å². The molecule has 7 nitrogen and oxygen atoms in total. The van der Waals surface area contributed by atoms with E-state index < -0.39 is 0 Å². The Labute approximate surface area is 148 Å². The van der Waals surface area contributed by atoms with Crippen molar-refractivity contribution < 1.29 is 9.53 Å². The van der Waals surface area contributed by atoms with Gasteiger partial charge in [0.1, 0.15) is 12.7 Å². The van der Waals surface area contributed by atoms with Crippen molar-refractivity contribution >= 4 is 5.91 Å². The molecule has 25 heavy (non-hydrogen) atoms. The molecule has 1 fully saturated rings. The molecule has 2 unspecified atom stereocenters. The van der Waals surface area contributed by atoms with Crippen LogP contribution in [-0.4, -0.2) is 69.9 Å². The highest BCUT2D eigenvalue weighted by atomic mass is 16.5. The van der Waals surface area contributed by atoms with E-state index >= 15 is 0 Å². The van der Waals surface area contributed by atoms with E-state index in [0.29, 0.717) is 19.7 Å². The first kappa shape index (κ1) is 17.6. The van der Waals surface area contributed by atoms with Gasteiger partial charge in [-0.3, -0.25) is 14.4 Å². The minimum absolute atomic E-state index is 0.0279. The van der Waals surface area contributed by atoms with Gasteiger partial charge in [0, 0.05) is 20.1 Å². The van der Waals surface area contributed by atoms with Gasteiger partial charge in [-0.15, -0.1) is 0 Å². The molecular formula is C18H25N5O2. The van der Waals surface area contributed by atoms with Gasteiger partial charge >= 0.3 is 0 Å². The first-order valence-corrected chi connectivity index (χ1v) is 8.60. The average Bonchev–Trinajstić information content (AvgIpc) is 3.14. The van der Waals surface area contributed by atoms with Gasteiger partial charge < -0.3 is 9.64 Å². The zero-order chi connectivity index (χ0) is 17.6. The molecule has 2 heterocycles. The highest BCUT2D eigenvalue weighted by Gasteiger charge is 2.25. The van der Waals surface area contributed by atoms with Crippen LogP contribution in [-0.2, 0) is 16.1 Å². The number of hydrogen-bond acceptors (Lipinski definition) is 5. The van der Waals surface area contributed by atoms with Gasteiger partial charge in [-0.05, 0) is 12.5 Å². The smallest absolute Gasteiger partial charge is 0.236 e. The van der Waals surface area contributed by atoms with E-state index in [4.69, 9.17) is 4.74 Å². The minimum Gasteiger partial charge on any atom is -0.374 e. The van der Waals surface area contributed by atoms with Crippen molar-refractivity contribution in [2.75, 3.05) is 33.3 Å². The predicted octanol–water partition coefficient (Wildman–Crippen LogP) is 1.20. The molecule has 7 heteroatoms. The summed E-state index contributed by atoms with van der Waals surface area (Å²) in [5.74, 6) is 0.123. The second-order valence-corrected chi connectivity index (χ2v) is 6.44. The maximum Gasteiger partial charge on any atom is 0.236 e. The first-order chi connectivity index (χ1) is 12.1. The summed E-state index contributed by atoms with van der Waals surface area (Å²) in [4.78, 5) is 20.6. The Bertz CT molecular complexity index is 661. The van der Waals surface area contributed by atoms with Crippen LogP contribution in [0.1, 0.15) is 18.5 Å². The summed E-state index contributed by atoms with van der Waals surface area (Å²) in [7, 11) is 1.87. The number of aromatic nitrogens is 3. The molecule has 0 spiro atoms. The van der Waals surface area contributed by atoms with Gasteiger partial charge in [-0.2, -0.15) is 5.10 Å². The molecule has 1 aliphatic rings. The molecule has 2 aromatic rings. The molecule has 0 saturated carbocycles. The van der Waals surface area contributed by atoms with Crippen molar-refractivity contribution in [2.24, 2.45) is 0 Å². The van der Waals surface area contributed by atoms with Gasteiger partial charge in [-0.25, -0.2) is 4.98 Å². The number of nitrogens with zero attached hydrogens (tertiary/aromatic N) is 5. The van der Waals surface area contributed by atoms with Crippen molar-refractivity contribution in [3.05, 3.63) is 48.5 Å². The van der Waals surface area contributed by atoms with Crippen molar-refractivity contribution in [1.29, 1.82) is 0 Å². The molecule has 1 aromatic carbocycles. The third-order valence-corrected chi connectivity index (χ3v) is 4.70. The monoisotopic (exact) mass is 343 g/mol. The molecule has 1 saturated heterocycles. The van der Waals surface area contributed by atoms with Crippen LogP contribution in [0.2, 0.25) is 0 Å². The fourth-order valence-corrected chi connectivity index (χ4v) is 3.04. The van der Waals surface area contributed by atoms with Crippen LogP contribution in [0.25, 0.3) is 0 Å². The largest absolute Gasteiger partial charge is 0.374 e. The number of carbonyl (C=O) groups excluding carboxylic acids is 1. The number of ether oxygens (including phenoxy) is 1. The lowest BCUT2D eigenvalue weighted by molar-refractivity contribution is -0.135. The number of morpholine rings is 1. The Balaban J connectivity index is 1.53. The van der Waals surface area contributed by atoms with E-state index in [1.165, 1.54) is 6.33 Å². The Morgan fingerprint density at radius 3 is 2.92 bits per heavy atom. The average molecular weight is 343 g/mol. The van der Waals surface area contributed by atoms with Crippen LogP contribution in [0.5, 0.6) is 0 Å². The van der Waals surface area contributed by atoms with E-state index in [2.05, 4.69) is 34.0 Å². The third-order valence-electron chi connectivity index (χ3n) is 4.70. The van der Waals surface area contributed by atoms with Crippen molar-refractivity contribution in [2.45, 2.75) is 25.6 Å². The zero-order valence-electron chi connectivity index (χ0n) is 14.8. The van der Waals surface area contributed by atoms with E-state index in [-0.39, 0.29) is 18.1 Å². The molecular weight excluding hydrogens is 318 g/mol. The van der Waals surface area contributed by atoms with E-state index in [1.54, 1.807) is 11.0 Å². The number of rotatable bonds is 6. The van der Waals surface area contributed by atoms with Crippen LogP contribution in [0.3, 0.4) is 0 Å². The topological polar surface area (TPSA) is 63.5 Å². The summed E-state index contributed by atoms with van der Waals surface area (Å²) in [6, 6.07) is 10.2. The molecule has 0 aliphatic carbocycles. The fraction of sp³-hybridized carbons (Fsp3) is 0.500. The van der Waals surface area contributed by atoms with Crippen molar-refractivity contribution in [3.8, 4) is 0 Å². The summed E-state index contributed by atoms with van der Waals surface area (Å²) in [5, 5.41) is 4.11. The summed E-state index contributed by atoms with van der Waals surface area (Å²) in [5.41, 5.74) is 1.14. The molecule has 134 valence electrons.